The average Bonchev–Trinajstić information content (AvgIpc) is 2.14. The molecule has 1 aromatic rings. The summed E-state index contributed by atoms with van der Waals surface area (Å²) in [7, 11) is 1.64. The van der Waals surface area contributed by atoms with Gasteiger partial charge in [-0.2, -0.15) is 0 Å². The topological polar surface area (TPSA) is 27.3 Å². The van der Waals surface area contributed by atoms with Gasteiger partial charge in [-0.25, -0.2) is 4.74 Å². The van der Waals surface area contributed by atoms with Crippen molar-refractivity contribution in [3.8, 4) is 5.95 Å². The summed E-state index contributed by atoms with van der Waals surface area (Å²) in [4.78, 5) is 0. The SMILES string of the molecule is COc1on2c1CCC2. The molecule has 0 saturated carbocycles. The molecule has 0 atom stereocenters. The third-order valence-corrected chi connectivity index (χ3v) is 1.69. The van der Waals surface area contributed by atoms with E-state index in [0.717, 1.165) is 13.0 Å². The minimum Gasteiger partial charge on any atom is -0.466 e. The summed E-state index contributed by atoms with van der Waals surface area (Å²) in [6.45, 7) is 1.03. The van der Waals surface area contributed by atoms with Crippen LogP contribution in [0.15, 0.2) is 4.52 Å². The molecule has 3 heteroatoms. The Morgan fingerprint density at radius 1 is 1.67 bits per heavy atom. The van der Waals surface area contributed by atoms with Gasteiger partial charge in [0.05, 0.1) is 13.7 Å². The van der Waals surface area contributed by atoms with Crippen LogP contribution in [0.1, 0.15) is 12.1 Å². The van der Waals surface area contributed by atoms with Crippen LogP contribution in [0, 0.1) is 0 Å². The number of hydrogen-bond donors (Lipinski definition) is 0. The van der Waals surface area contributed by atoms with Gasteiger partial charge in [0.1, 0.15) is 5.69 Å². The number of aryl methyl sites for hydroxylation is 1. The van der Waals surface area contributed by atoms with Crippen molar-refractivity contribution in [2.24, 2.45) is 0 Å². The molecule has 9 heavy (non-hydrogen) atoms. The molecule has 1 aliphatic heterocycles. The molecule has 1 aromatic heterocycles. The van der Waals surface area contributed by atoms with Crippen molar-refractivity contribution >= 4 is 0 Å². The van der Waals surface area contributed by atoms with Crippen molar-refractivity contribution in [1.82, 2.24) is 4.74 Å². The second-order valence-corrected chi connectivity index (χ2v) is 2.24. The highest BCUT2D eigenvalue weighted by Gasteiger charge is 2.22. The van der Waals surface area contributed by atoms with Gasteiger partial charge >= 0.3 is 5.95 Å². The molecule has 0 saturated heterocycles. The first kappa shape index (κ1) is 4.97. The van der Waals surface area contributed by atoms with Crippen LogP contribution >= 0.6 is 0 Å². The lowest BCUT2D eigenvalue weighted by Gasteiger charge is -2.10. The predicted octanol–water partition coefficient (Wildman–Crippen LogP) is 1.04. The Hall–Kier alpha value is -0.860. The van der Waals surface area contributed by atoms with E-state index in [0.29, 0.717) is 5.95 Å². The van der Waals surface area contributed by atoms with E-state index in [1.165, 1.54) is 12.1 Å². The number of fused-ring (bicyclic) bond motifs is 1. The van der Waals surface area contributed by atoms with Crippen LogP contribution in [0.3, 0.4) is 0 Å². The molecule has 0 radical (unpaired) electrons. The van der Waals surface area contributed by atoms with Crippen LogP contribution in [0.25, 0.3) is 0 Å². The Morgan fingerprint density at radius 3 is 3.22 bits per heavy atom. The molecular formula is C6H9NO2. The van der Waals surface area contributed by atoms with E-state index in [-0.39, 0.29) is 0 Å². The van der Waals surface area contributed by atoms with E-state index in [1.807, 2.05) is 4.74 Å². The number of aromatic nitrogens is 1. The lowest BCUT2D eigenvalue weighted by molar-refractivity contribution is 0.136. The summed E-state index contributed by atoms with van der Waals surface area (Å²) in [6, 6.07) is 0. The van der Waals surface area contributed by atoms with Gasteiger partial charge in [-0.15, -0.1) is 0 Å². The lowest BCUT2D eigenvalue weighted by Crippen LogP contribution is -2.04. The molecule has 0 fully saturated rings. The largest absolute Gasteiger partial charge is 0.466 e. The van der Waals surface area contributed by atoms with E-state index in [1.54, 1.807) is 7.11 Å². The number of nitrogens with zero attached hydrogens (tertiary/aromatic N) is 1. The second kappa shape index (κ2) is 1.56. The Morgan fingerprint density at radius 2 is 2.56 bits per heavy atom. The molecular weight excluding hydrogens is 118 g/mol. The highest BCUT2D eigenvalue weighted by atomic mass is 16.6. The number of hydrogen-bond acceptors (Lipinski definition) is 2. The number of ether oxygens (including phenoxy) is 1. The smallest absolute Gasteiger partial charge is 0.329 e. The maximum absolute atomic E-state index is 5.10. The number of methoxy groups -OCH3 is 1. The van der Waals surface area contributed by atoms with Crippen molar-refractivity contribution in [3.05, 3.63) is 5.69 Å². The van der Waals surface area contributed by atoms with Crippen LogP contribution < -0.4 is 4.74 Å². The summed E-state index contributed by atoms with van der Waals surface area (Å²) in [6.07, 6.45) is 2.31. The molecule has 50 valence electrons. The van der Waals surface area contributed by atoms with Crippen molar-refractivity contribution in [3.63, 3.8) is 0 Å². The first-order chi connectivity index (χ1) is 4.42. The van der Waals surface area contributed by atoms with Gasteiger partial charge in [0, 0.05) is 0 Å². The fourth-order valence-electron chi connectivity index (χ4n) is 1.22. The van der Waals surface area contributed by atoms with Gasteiger partial charge in [0.25, 0.3) is 0 Å². The van der Waals surface area contributed by atoms with Gasteiger partial charge in [-0.05, 0) is 12.8 Å². The molecule has 0 aliphatic carbocycles. The summed E-state index contributed by atoms with van der Waals surface area (Å²) < 4.78 is 11.9. The first-order valence-electron chi connectivity index (χ1n) is 3.14. The molecule has 0 N–H and O–H groups in total. The van der Waals surface area contributed by atoms with Crippen molar-refractivity contribution < 1.29 is 9.26 Å². The zero-order chi connectivity index (χ0) is 6.27. The van der Waals surface area contributed by atoms with E-state index in [2.05, 4.69) is 0 Å². The molecule has 0 amide bonds. The van der Waals surface area contributed by atoms with Crippen molar-refractivity contribution in [2.45, 2.75) is 19.4 Å². The fourth-order valence-corrected chi connectivity index (χ4v) is 1.22. The highest BCUT2D eigenvalue weighted by molar-refractivity contribution is 5.18. The third-order valence-electron chi connectivity index (χ3n) is 1.69. The van der Waals surface area contributed by atoms with E-state index in [9.17, 15) is 0 Å². The third kappa shape index (κ3) is 0.515. The highest BCUT2D eigenvalue weighted by Crippen LogP contribution is 2.29. The van der Waals surface area contributed by atoms with Crippen LogP contribution in [-0.4, -0.2) is 11.8 Å². The second-order valence-electron chi connectivity index (χ2n) is 2.24. The fraction of sp³-hybridized carbons (Fsp3) is 0.667. The van der Waals surface area contributed by atoms with Crippen molar-refractivity contribution in [2.75, 3.05) is 7.11 Å². The first-order valence-corrected chi connectivity index (χ1v) is 3.14. The van der Waals surface area contributed by atoms with Gasteiger partial charge in [-0.3, -0.25) is 0 Å². The van der Waals surface area contributed by atoms with Gasteiger partial charge in [0.2, 0.25) is 0 Å². The van der Waals surface area contributed by atoms with Gasteiger partial charge < -0.3 is 9.26 Å². The van der Waals surface area contributed by atoms with E-state index in [4.69, 9.17) is 9.26 Å². The lowest BCUT2D eigenvalue weighted by atomic mass is 10.3. The molecule has 2 rings (SSSR count). The molecule has 2 heterocycles. The normalized spacial score (nSPS) is 16.1. The predicted molar refractivity (Wildman–Crippen MR) is 31.6 cm³/mol. The molecule has 0 unspecified atom stereocenters. The summed E-state index contributed by atoms with van der Waals surface area (Å²) in [5.74, 6) is 0.715. The minimum atomic E-state index is 0.715. The average molecular weight is 127 g/mol. The Bertz CT molecular complexity index is 211. The van der Waals surface area contributed by atoms with E-state index >= 15 is 0 Å². The molecule has 1 aliphatic rings. The monoisotopic (exact) mass is 127 g/mol. The zero-order valence-electron chi connectivity index (χ0n) is 5.39. The van der Waals surface area contributed by atoms with Crippen molar-refractivity contribution in [1.29, 1.82) is 0 Å². The number of rotatable bonds is 1. The van der Waals surface area contributed by atoms with E-state index < -0.39 is 0 Å². The Labute approximate surface area is 53.2 Å². The molecule has 0 aromatic carbocycles. The Kier molecular flexibility index (Phi) is 0.860. The van der Waals surface area contributed by atoms with Crippen LogP contribution in [0.5, 0.6) is 5.95 Å². The van der Waals surface area contributed by atoms with Crippen LogP contribution in [0.4, 0.5) is 0 Å². The Balaban J connectivity index is 2.28. The van der Waals surface area contributed by atoms with Crippen LogP contribution in [-0.2, 0) is 13.0 Å². The minimum absolute atomic E-state index is 0.715. The standard InChI is InChI=1S/C6H9NO2/c1-8-6-5-3-2-4-7(5)9-6/h2-4H2,1H3. The molecule has 0 spiro atoms. The van der Waals surface area contributed by atoms with Gasteiger partial charge in [0.15, 0.2) is 0 Å². The van der Waals surface area contributed by atoms with Gasteiger partial charge in [-0.1, -0.05) is 0 Å². The quantitative estimate of drug-likeness (QED) is 0.563. The molecule has 3 nitrogen and oxygen atoms in total. The van der Waals surface area contributed by atoms with Crippen LogP contribution in [0.2, 0.25) is 0 Å². The maximum atomic E-state index is 5.10. The maximum Gasteiger partial charge on any atom is 0.329 e. The molecule has 0 bridgehead atoms. The summed E-state index contributed by atoms with van der Waals surface area (Å²) in [5, 5.41) is 0. The zero-order valence-corrected chi connectivity index (χ0v) is 5.39. The summed E-state index contributed by atoms with van der Waals surface area (Å²) >= 11 is 0. The summed E-state index contributed by atoms with van der Waals surface area (Å²) in [5.41, 5.74) is 1.23.